The minimum absolute atomic E-state index is 0.0822. The third kappa shape index (κ3) is 4.74. The standard InChI is InChI=1S/C25H27N7O2/c1-3-34-14-17(2)32-16-28-30-24(32)19-5-4-6-20(11-19)29-25(33)22-12-21(9-10-26-22)31-13-23(27-15-31)18-7-8-18/h4-6,9-13,15-18H,3,7-8,14H2,1-2H3,(H,29,33). The van der Waals surface area contributed by atoms with Gasteiger partial charge in [-0.25, -0.2) is 4.98 Å². The number of hydrogen-bond acceptors (Lipinski definition) is 6. The third-order valence-corrected chi connectivity index (χ3v) is 5.86. The maximum absolute atomic E-state index is 13.0. The molecule has 0 spiro atoms. The summed E-state index contributed by atoms with van der Waals surface area (Å²) in [7, 11) is 0. The molecule has 0 radical (unpaired) electrons. The average Bonchev–Trinajstić information content (AvgIpc) is 3.38. The summed E-state index contributed by atoms with van der Waals surface area (Å²) in [5.41, 5.74) is 3.79. The van der Waals surface area contributed by atoms with E-state index in [-0.39, 0.29) is 11.9 Å². The Morgan fingerprint density at radius 1 is 1.21 bits per heavy atom. The number of pyridine rings is 1. The van der Waals surface area contributed by atoms with Crippen molar-refractivity contribution in [3.8, 4) is 17.1 Å². The van der Waals surface area contributed by atoms with Crippen LogP contribution in [0.5, 0.6) is 0 Å². The van der Waals surface area contributed by atoms with Gasteiger partial charge in [-0.15, -0.1) is 10.2 Å². The second kappa shape index (κ2) is 9.56. The largest absolute Gasteiger partial charge is 0.380 e. The van der Waals surface area contributed by atoms with Crippen LogP contribution in [0.25, 0.3) is 17.1 Å². The molecular weight excluding hydrogens is 430 g/mol. The van der Waals surface area contributed by atoms with Crippen LogP contribution in [0.15, 0.2) is 61.4 Å². The first-order valence-electron chi connectivity index (χ1n) is 11.5. The quantitative estimate of drug-likeness (QED) is 0.403. The van der Waals surface area contributed by atoms with Crippen molar-refractivity contribution in [3.05, 3.63) is 72.8 Å². The average molecular weight is 458 g/mol. The predicted molar refractivity (Wildman–Crippen MR) is 128 cm³/mol. The Hall–Kier alpha value is -3.85. The highest BCUT2D eigenvalue weighted by Crippen LogP contribution is 2.39. The molecular formula is C25H27N7O2. The number of carbonyl (C=O) groups is 1. The van der Waals surface area contributed by atoms with Crippen molar-refractivity contribution in [1.29, 1.82) is 0 Å². The summed E-state index contributed by atoms with van der Waals surface area (Å²) in [5.74, 6) is 1.01. The van der Waals surface area contributed by atoms with Gasteiger partial charge in [-0.3, -0.25) is 9.78 Å². The van der Waals surface area contributed by atoms with E-state index in [1.807, 2.05) is 52.6 Å². The highest BCUT2D eigenvalue weighted by Gasteiger charge is 2.26. The Kier molecular flexibility index (Phi) is 6.18. The fourth-order valence-electron chi connectivity index (χ4n) is 3.85. The van der Waals surface area contributed by atoms with E-state index in [1.165, 1.54) is 12.8 Å². The molecule has 9 nitrogen and oxygen atoms in total. The van der Waals surface area contributed by atoms with Crippen LogP contribution in [-0.2, 0) is 4.74 Å². The van der Waals surface area contributed by atoms with E-state index >= 15 is 0 Å². The SMILES string of the molecule is CCOCC(C)n1cnnc1-c1cccc(NC(=O)c2cc(-n3cnc(C4CC4)c3)ccn2)c1. The summed E-state index contributed by atoms with van der Waals surface area (Å²) in [6.07, 6.45) is 9.55. The highest BCUT2D eigenvalue weighted by atomic mass is 16.5. The van der Waals surface area contributed by atoms with Gasteiger partial charge >= 0.3 is 0 Å². The number of hydrogen-bond donors (Lipinski definition) is 1. The van der Waals surface area contributed by atoms with Gasteiger partial charge in [-0.1, -0.05) is 12.1 Å². The molecule has 9 heteroatoms. The van der Waals surface area contributed by atoms with E-state index in [9.17, 15) is 4.79 Å². The van der Waals surface area contributed by atoms with E-state index in [1.54, 1.807) is 24.9 Å². The molecule has 5 rings (SSSR count). The van der Waals surface area contributed by atoms with E-state index in [0.29, 0.717) is 30.5 Å². The van der Waals surface area contributed by atoms with E-state index < -0.39 is 0 Å². The number of carbonyl (C=O) groups excluding carboxylic acids is 1. The maximum Gasteiger partial charge on any atom is 0.274 e. The Balaban J connectivity index is 1.32. The van der Waals surface area contributed by atoms with Gasteiger partial charge in [0, 0.05) is 36.2 Å². The first-order valence-corrected chi connectivity index (χ1v) is 11.5. The molecule has 3 heterocycles. The molecule has 0 bridgehead atoms. The molecule has 1 aromatic carbocycles. The molecule has 4 aromatic rings. The number of amides is 1. The molecule has 0 saturated heterocycles. The molecule has 1 saturated carbocycles. The molecule has 1 fully saturated rings. The smallest absolute Gasteiger partial charge is 0.274 e. The van der Waals surface area contributed by atoms with Crippen LogP contribution in [0.1, 0.15) is 54.8 Å². The number of imidazole rings is 1. The van der Waals surface area contributed by atoms with Crippen LogP contribution in [0.2, 0.25) is 0 Å². The normalized spacial score (nSPS) is 14.2. The summed E-state index contributed by atoms with van der Waals surface area (Å²) in [5, 5.41) is 11.3. The van der Waals surface area contributed by atoms with Crippen molar-refractivity contribution in [1.82, 2.24) is 29.3 Å². The van der Waals surface area contributed by atoms with Crippen molar-refractivity contribution in [2.75, 3.05) is 18.5 Å². The zero-order valence-corrected chi connectivity index (χ0v) is 19.3. The van der Waals surface area contributed by atoms with Crippen molar-refractivity contribution in [3.63, 3.8) is 0 Å². The number of nitrogens with one attached hydrogen (secondary N) is 1. The Labute approximate surface area is 197 Å². The Morgan fingerprint density at radius 3 is 2.91 bits per heavy atom. The number of aromatic nitrogens is 6. The van der Waals surface area contributed by atoms with Gasteiger partial charge < -0.3 is 19.2 Å². The minimum atomic E-state index is -0.285. The van der Waals surface area contributed by atoms with E-state index in [0.717, 1.165) is 22.8 Å². The van der Waals surface area contributed by atoms with Gasteiger partial charge in [0.05, 0.1) is 30.4 Å². The molecule has 3 aromatic heterocycles. The monoisotopic (exact) mass is 457 g/mol. The Bertz CT molecular complexity index is 1290. The topological polar surface area (TPSA) is 99.8 Å². The summed E-state index contributed by atoms with van der Waals surface area (Å²) in [6, 6.07) is 11.3. The first-order chi connectivity index (χ1) is 16.6. The Morgan fingerprint density at radius 2 is 2.09 bits per heavy atom. The van der Waals surface area contributed by atoms with Crippen molar-refractivity contribution >= 4 is 11.6 Å². The lowest BCUT2D eigenvalue weighted by atomic mass is 10.1. The van der Waals surface area contributed by atoms with E-state index in [4.69, 9.17) is 4.74 Å². The maximum atomic E-state index is 13.0. The fraction of sp³-hybridized carbons (Fsp3) is 0.320. The second-order valence-corrected chi connectivity index (χ2v) is 8.48. The number of anilines is 1. The van der Waals surface area contributed by atoms with Crippen molar-refractivity contribution in [2.24, 2.45) is 0 Å². The lowest BCUT2D eigenvalue weighted by Crippen LogP contribution is -2.14. The number of ether oxygens (including phenoxy) is 1. The van der Waals surface area contributed by atoms with Gasteiger partial charge in [0.1, 0.15) is 12.0 Å². The zero-order valence-electron chi connectivity index (χ0n) is 19.3. The summed E-state index contributed by atoms with van der Waals surface area (Å²) in [6.45, 7) is 5.25. The molecule has 1 atom stereocenters. The van der Waals surface area contributed by atoms with Gasteiger partial charge in [0.25, 0.3) is 5.91 Å². The predicted octanol–water partition coefficient (Wildman–Crippen LogP) is 4.25. The van der Waals surface area contributed by atoms with Gasteiger partial charge in [0.15, 0.2) is 5.82 Å². The molecule has 174 valence electrons. The highest BCUT2D eigenvalue weighted by molar-refractivity contribution is 6.03. The lowest BCUT2D eigenvalue weighted by Gasteiger charge is -2.15. The first kappa shape index (κ1) is 22.0. The third-order valence-electron chi connectivity index (χ3n) is 5.86. The van der Waals surface area contributed by atoms with E-state index in [2.05, 4.69) is 32.4 Å². The van der Waals surface area contributed by atoms with Gasteiger partial charge in [0.2, 0.25) is 0 Å². The molecule has 1 aliphatic rings. The fourth-order valence-corrected chi connectivity index (χ4v) is 3.85. The van der Waals surface area contributed by atoms with Crippen LogP contribution in [0.3, 0.4) is 0 Å². The summed E-state index contributed by atoms with van der Waals surface area (Å²) < 4.78 is 9.46. The molecule has 1 aliphatic carbocycles. The zero-order chi connectivity index (χ0) is 23.5. The minimum Gasteiger partial charge on any atom is -0.380 e. The van der Waals surface area contributed by atoms with Crippen molar-refractivity contribution < 1.29 is 9.53 Å². The van der Waals surface area contributed by atoms with Crippen LogP contribution >= 0.6 is 0 Å². The van der Waals surface area contributed by atoms with Crippen LogP contribution < -0.4 is 5.32 Å². The van der Waals surface area contributed by atoms with Crippen LogP contribution in [0.4, 0.5) is 5.69 Å². The molecule has 1 amide bonds. The number of benzene rings is 1. The lowest BCUT2D eigenvalue weighted by molar-refractivity contribution is 0.102. The molecule has 1 N–H and O–H groups in total. The van der Waals surface area contributed by atoms with Crippen molar-refractivity contribution in [2.45, 2.75) is 38.6 Å². The molecule has 0 aliphatic heterocycles. The van der Waals surface area contributed by atoms with Gasteiger partial charge in [-0.2, -0.15) is 0 Å². The van der Waals surface area contributed by atoms with Crippen LogP contribution in [-0.4, -0.2) is 48.4 Å². The number of rotatable bonds is 9. The van der Waals surface area contributed by atoms with Gasteiger partial charge in [-0.05, 0) is 51.0 Å². The second-order valence-electron chi connectivity index (χ2n) is 8.48. The molecule has 1 unspecified atom stereocenters. The summed E-state index contributed by atoms with van der Waals surface area (Å²) >= 11 is 0. The summed E-state index contributed by atoms with van der Waals surface area (Å²) in [4.78, 5) is 21.7. The van der Waals surface area contributed by atoms with Crippen LogP contribution in [0, 0.1) is 0 Å². The molecule has 34 heavy (non-hydrogen) atoms. The number of nitrogens with zero attached hydrogens (tertiary/aromatic N) is 6.